The Morgan fingerprint density at radius 2 is 2.30 bits per heavy atom. The summed E-state index contributed by atoms with van der Waals surface area (Å²) in [5, 5.41) is 20.8. The number of hydrogen-bond acceptors (Lipinski definition) is 7. The summed E-state index contributed by atoms with van der Waals surface area (Å²) < 4.78 is 5.75. The van der Waals surface area contributed by atoms with Gasteiger partial charge in [0.2, 0.25) is 5.91 Å². The predicted octanol–water partition coefficient (Wildman–Crippen LogP) is 3.97. The van der Waals surface area contributed by atoms with Gasteiger partial charge in [-0.25, -0.2) is 0 Å². The van der Waals surface area contributed by atoms with E-state index in [1.807, 2.05) is 0 Å². The monoisotopic (exact) mass is 402 g/mol. The third-order valence-corrected chi connectivity index (χ3v) is 7.37. The number of nitrogens with one attached hydrogen (secondary N) is 1. The van der Waals surface area contributed by atoms with Crippen molar-refractivity contribution >= 4 is 29.0 Å². The highest BCUT2D eigenvalue weighted by molar-refractivity contribution is 7.99. The number of thioether (sulfide) groups is 1. The number of aromatic nitrogens is 2. The van der Waals surface area contributed by atoms with Crippen molar-refractivity contribution in [1.82, 2.24) is 15.5 Å². The minimum absolute atomic E-state index is 0.163. The van der Waals surface area contributed by atoms with Gasteiger partial charge < -0.3 is 9.73 Å². The first-order valence-electron chi connectivity index (χ1n) is 9.37. The van der Waals surface area contributed by atoms with Gasteiger partial charge in [-0.2, -0.15) is 5.26 Å². The van der Waals surface area contributed by atoms with Crippen molar-refractivity contribution in [2.45, 2.75) is 62.6 Å². The molecule has 0 radical (unpaired) electrons. The number of carbonyl (C=O) groups is 1. The second kappa shape index (κ2) is 7.64. The fraction of sp³-hybridized carbons (Fsp3) is 0.579. The van der Waals surface area contributed by atoms with E-state index in [1.165, 1.54) is 28.6 Å². The van der Waals surface area contributed by atoms with Crippen LogP contribution in [0.15, 0.2) is 15.7 Å². The maximum Gasteiger partial charge on any atom is 0.277 e. The van der Waals surface area contributed by atoms with Gasteiger partial charge in [-0.3, -0.25) is 4.79 Å². The van der Waals surface area contributed by atoms with Gasteiger partial charge in [0.15, 0.2) is 0 Å². The Morgan fingerprint density at radius 3 is 3.07 bits per heavy atom. The Hall–Kier alpha value is -1.85. The van der Waals surface area contributed by atoms with Crippen LogP contribution in [0.4, 0.5) is 0 Å². The van der Waals surface area contributed by atoms with Crippen molar-refractivity contribution in [3.8, 4) is 16.8 Å². The average Bonchev–Trinajstić information content (AvgIpc) is 3.39. The Bertz CT molecular complexity index is 877. The van der Waals surface area contributed by atoms with E-state index < -0.39 is 5.54 Å². The summed E-state index contributed by atoms with van der Waals surface area (Å²) in [5.74, 6) is 1.26. The highest BCUT2D eigenvalue weighted by Gasteiger charge is 2.35. The van der Waals surface area contributed by atoms with Gasteiger partial charge in [0, 0.05) is 4.88 Å². The zero-order valence-corrected chi connectivity index (χ0v) is 16.9. The number of aryl methyl sites for hydroxylation is 1. The lowest BCUT2D eigenvalue weighted by molar-refractivity contribution is -0.119. The van der Waals surface area contributed by atoms with E-state index in [2.05, 4.69) is 34.6 Å². The highest BCUT2D eigenvalue weighted by Crippen LogP contribution is 2.37. The summed E-state index contributed by atoms with van der Waals surface area (Å²) in [4.78, 5) is 14.6. The Labute approximate surface area is 166 Å². The fourth-order valence-electron chi connectivity index (χ4n) is 3.85. The van der Waals surface area contributed by atoms with Gasteiger partial charge in [-0.15, -0.1) is 21.5 Å². The molecule has 1 saturated carbocycles. The second-order valence-corrected chi connectivity index (χ2v) is 9.58. The van der Waals surface area contributed by atoms with Gasteiger partial charge in [-0.05, 0) is 62.5 Å². The summed E-state index contributed by atoms with van der Waals surface area (Å²) in [5.41, 5.74) is 0.712. The second-order valence-electron chi connectivity index (χ2n) is 7.52. The average molecular weight is 403 g/mol. The molecule has 0 bridgehead atoms. The number of amides is 1. The summed E-state index contributed by atoms with van der Waals surface area (Å²) in [6.07, 6.45) is 6.89. The van der Waals surface area contributed by atoms with Crippen LogP contribution >= 0.6 is 23.1 Å². The molecule has 2 aliphatic carbocycles. The lowest BCUT2D eigenvalue weighted by Crippen LogP contribution is -2.45. The van der Waals surface area contributed by atoms with E-state index in [-0.39, 0.29) is 11.7 Å². The summed E-state index contributed by atoms with van der Waals surface area (Å²) in [6.45, 7) is 2.29. The lowest BCUT2D eigenvalue weighted by atomic mass is 9.90. The molecule has 8 heteroatoms. The first-order chi connectivity index (χ1) is 13.1. The topological polar surface area (TPSA) is 91.8 Å². The number of thiophene rings is 1. The van der Waals surface area contributed by atoms with Gasteiger partial charge in [-0.1, -0.05) is 18.7 Å². The van der Waals surface area contributed by atoms with Crippen LogP contribution in [-0.2, 0) is 17.6 Å². The minimum atomic E-state index is -0.690. The van der Waals surface area contributed by atoms with E-state index in [1.54, 1.807) is 11.3 Å². The first-order valence-corrected chi connectivity index (χ1v) is 11.2. The van der Waals surface area contributed by atoms with Crippen LogP contribution in [0.2, 0.25) is 0 Å². The van der Waals surface area contributed by atoms with Crippen molar-refractivity contribution in [1.29, 1.82) is 5.26 Å². The molecule has 0 saturated heterocycles. The molecule has 4 rings (SSSR count). The summed E-state index contributed by atoms with van der Waals surface area (Å²) in [7, 11) is 0. The largest absolute Gasteiger partial charge is 0.410 e. The SMILES string of the molecule is C[C@H]1CCc2sc(-c3nnc(SCC(=O)NC4(C#N)CCCC4)o3)cc2C1. The van der Waals surface area contributed by atoms with E-state index >= 15 is 0 Å². The van der Waals surface area contributed by atoms with Gasteiger partial charge in [0.1, 0.15) is 5.54 Å². The zero-order chi connectivity index (χ0) is 18.9. The zero-order valence-electron chi connectivity index (χ0n) is 15.3. The van der Waals surface area contributed by atoms with Crippen molar-refractivity contribution < 1.29 is 9.21 Å². The summed E-state index contributed by atoms with van der Waals surface area (Å²) in [6, 6.07) is 4.44. The molecule has 2 aliphatic rings. The van der Waals surface area contributed by atoms with Crippen LogP contribution in [0, 0.1) is 17.2 Å². The quantitative estimate of drug-likeness (QED) is 0.761. The molecule has 27 heavy (non-hydrogen) atoms. The van der Waals surface area contributed by atoms with Crippen LogP contribution in [0.1, 0.15) is 49.5 Å². The maximum atomic E-state index is 12.2. The summed E-state index contributed by atoms with van der Waals surface area (Å²) >= 11 is 2.95. The number of rotatable bonds is 5. The van der Waals surface area contributed by atoms with E-state index in [0.717, 1.165) is 49.3 Å². The Morgan fingerprint density at radius 1 is 1.48 bits per heavy atom. The van der Waals surface area contributed by atoms with Crippen LogP contribution in [0.5, 0.6) is 0 Å². The molecule has 1 fully saturated rings. The Balaban J connectivity index is 1.36. The van der Waals surface area contributed by atoms with E-state index in [4.69, 9.17) is 4.42 Å². The maximum absolute atomic E-state index is 12.2. The standard InChI is InChI=1S/C19H22N4O2S2/c1-12-4-5-14-13(8-12)9-15(27-14)17-22-23-18(25-17)26-10-16(24)21-19(11-20)6-2-3-7-19/h9,12H,2-8,10H2,1H3,(H,21,24)/t12-/m0/s1. The molecule has 2 aromatic heterocycles. The number of nitrogens with zero attached hydrogens (tertiary/aromatic N) is 3. The smallest absolute Gasteiger partial charge is 0.277 e. The minimum Gasteiger partial charge on any atom is -0.410 e. The normalized spacial score (nSPS) is 20.8. The van der Waals surface area contributed by atoms with Crippen molar-refractivity contribution in [3.63, 3.8) is 0 Å². The molecule has 1 N–H and O–H groups in total. The van der Waals surface area contributed by atoms with Gasteiger partial charge in [0.25, 0.3) is 11.1 Å². The molecular weight excluding hydrogens is 380 g/mol. The van der Waals surface area contributed by atoms with Crippen LogP contribution in [0.25, 0.3) is 10.8 Å². The van der Waals surface area contributed by atoms with E-state index in [9.17, 15) is 10.1 Å². The molecule has 0 aromatic carbocycles. The molecule has 1 atom stereocenters. The molecule has 0 spiro atoms. The van der Waals surface area contributed by atoms with Crippen LogP contribution < -0.4 is 5.32 Å². The molecule has 2 heterocycles. The predicted molar refractivity (Wildman–Crippen MR) is 104 cm³/mol. The number of fused-ring (bicyclic) bond motifs is 1. The molecule has 0 unspecified atom stereocenters. The molecule has 0 aliphatic heterocycles. The fourth-order valence-corrected chi connectivity index (χ4v) is 5.55. The van der Waals surface area contributed by atoms with Gasteiger partial charge in [0.05, 0.1) is 16.7 Å². The Kier molecular flexibility index (Phi) is 5.24. The number of nitriles is 1. The van der Waals surface area contributed by atoms with Crippen LogP contribution in [0.3, 0.4) is 0 Å². The molecule has 1 amide bonds. The molecule has 6 nitrogen and oxygen atoms in total. The van der Waals surface area contributed by atoms with Crippen LogP contribution in [-0.4, -0.2) is 27.4 Å². The van der Waals surface area contributed by atoms with Crippen molar-refractivity contribution in [2.75, 3.05) is 5.75 Å². The first kappa shape index (κ1) is 18.5. The third kappa shape index (κ3) is 4.04. The molecular formula is C19H22N4O2S2. The highest BCUT2D eigenvalue weighted by atomic mass is 32.2. The van der Waals surface area contributed by atoms with Crippen molar-refractivity contribution in [3.05, 3.63) is 16.5 Å². The van der Waals surface area contributed by atoms with Gasteiger partial charge >= 0.3 is 0 Å². The number of carbonyl (C=O) groups excluding carboxylic acids is 1. The molecule has 2 aromatic rings. The number of hydrogen-bond donors (Lipinski definition) is 1. The third-order valence-electron chi connectivity index (χ3n) is 5.32. The lowest BCUT2D eigenvalue weighted by Gasteiger charge is -2.21. The molecule has 142 valence electrons. The van der Waals surface area contributed by atoms with E-state index in [0.29, 0.717) is 11.1 Å². The van der Waals surface area contributed by atoms with Crippen molar-refractivity contribution in [2.24, 2.45) is 5.92 Å².